The number of rotatable bonds is 6. The van der Waals surface area contributed by atoms with Crippen molar-refractivity contribution < 1.29 is 9.53 Å². The predicted molar refractivity (Wildman–Crippen MR) is 73.7 cm³/mol. The Kier molecular flexibility index (Phi) is 5.37. The van der Waals surface area contributed by atoms with Crippen molar-refractivity contribution in [2.45, 2.75) is 26.7 Å². The van der Waals surface area contributed by atoms with Crippen molar-refractivity contribution in [3.8, 4) is 11.8 Å². The number of nitrogens with zero attached hydrogens (tertiary/aromatic N) is 1. The zero-order valence-corrected chi connectivity index (χ0v) is 11.7. The lowest BCUT2D eigenvalue weighted by Crippen LogP contribution is -2.33. The van der Waals surface area contributed by atoms with Gasteiger partial charge in [-0.05, 0) is 38.0 Å². The van der Waals surface area contributed by atoms with Gasteiger partial charge in [0.05, 0.1) is 18.6 Å². The van der Waals surface area contributed by atoms with Gasteiger partial charge in [-0.1, -0.05) is 12.1 Å². The number of methoxy groups -OCH3 is 1. The molecule has 1 N–H and O–H groups in total. The summed E-state index contributed by atoms with van der Waals surface area (Å²) in [5, 5.41) is 11.6. The minimum absolute atomic E-state index is 0.0286. The fourth-order valence-electron chi connectivity index (χ4n) is 1.50. The van der Waals surface area contributed by atoms with Crippen LogP contribution in [0.25, 0.3) is 0 Å². The molecule has 0 saturated heterocycles. The molecule has 0 fully saturated rings. The Morgan fingerprint density at radius 3 is 2.53 bits per heavy atom. The summed E-state index contributed by atoms with van der Waals surface area (Å²) in [6.07, 6.45) is 1.11. The van der Waals surface area contributed by atoms with E-state index in [1.165, 1.54) is 0 Å². The molecule has 4 nitrogen and oxygen atoms in total. The molecule has 1 aromatic carbocycles. The van der Waals surface area contributed by atoms with E-state index in [9.17, 15) is 4.79 Å². The summed E-state index contributed by atoms with van der Waals surface area (Å²) >= 11 is 0. The number of carbonyl (C=O) groups excluding carboxylic acids is 1. The third-order valence-electron chi connectivity index (χ3n) is 2.83. The minimum atomic E-state index is -0.518. The van der Waals surface area contributed by atoms with Crippen LogP contribution >= 0.6 is 0 Å². The number of aryl methyl sites for hydroxylation is 1. The molecular weight excluding hydrogens is 240 g/mol. The number of nitrogens with one attached hydrogen (secondary N) is 1. The molecule has 0 aliphatic carbocycles. The highest BCUT2D eigenvalue weighted by Gasteiger charge is 2.17. The molecule has 0 bridgehead atoms. The molecule has 1 amide bonds. The quantitative estimate of drug-likeness (QED) is 0.853. The summed E-state index contributed by atoms with van der Waals surface area (Å²) in [7, 11) is 1.62. The van der Waals surface area contributed by atoms with Gasteiger partial charge in [0, 0.05) is 13.0 Å². The number of hydrogen-bond donors (Lipinski definition) is 1. The van der Waals surface area contributed by atoms with Crippen LogP contribution in [0, 0.1) is 16.7 Å². The van der Waals surface area contributed by atoms with Crippen molar-refractivity contribution >= 4 is 5.91 Å². The van der Waals surface area contributed by atoms with E-state index in [1.54, 1.807) is 21.0 Å². The zero-order chi connectivity index (χ0) is 14.3. The molecule has 102 valence electrons. The van der Waals surface area contributed by atoms with Gasteiger partial charge in [-0.25, -0.2) is 0 Å². The lowest BCUT2D eigenvalue weighted by atomic mass is 9.96. The first kappa shape index (κ1) is 15.0. The number of benzene rings is 1. The fourth-order valence-corrected chi connectivity index (χ4v) is 1.50. The van der Waals surface area contributed by atoms with Gasteiger partial charge in [0.1, 0.15) is 5.75 Å². The highest BCUT2D eigenvalue weighted by Crippen LogP contribution is 2.13. The van der Waals surface area contributed by atoms with E-state index in [1.807, 2.05) is 24.3 Å². The van der Waals surface area contributed by atoms with Crippen molar-refractivity contribution in [3.05, 3.63) is 29.8 Å². The highest BCUT2D eigenvalue weighted by atomic mass is 16.5. The summed E-state index contributed by atoms with van der Waals surface area (Å²) in [5.74, 6) is 0.781. The van der Waals surface area contributed by atoms with E-state index in [4.69, 9.17) is 10.00 Å². The van der Waals surface area contributed by atoms with E-state index < -0.39 is 5.41 Å². The van der Waals surface area contributed by atoms with Crippen LogP contribution in [0.5, 0.6) is 5.75 Å². The molecule has 0 atom stereocenters. The maximum Gasteiger partial charge on any atom is 0.220 e. The zero-order valence-electron chi connectivity index (χ0n) is 11.7. The standard InChI is InChI=1S/C15H20N2O2/c1-15(2,10-16)11-17-14(18)9-6-12-4-7-13(19-3)8-5-12/h4-5,7-8H,6,9,11H2,1-3H3,(H,17,18). The van der Waals surface area contributed by atoms with Gasteiger partial charge >= 0.3 is 0 Å². The smallest absolute Gasteiger partial charge is 0.220 e. The number of hydrogen-bond acceptors (Lipinski definition) is 3. The number of nitriles is 1. The number of amides is 1. The van der Waals surface area contributed by atoms with Crippen molar-refractivity contribution in [2.24, 2.45) is 5.41 Å². The average Bonchev–Trinajstić information content (AvgIpc) is 2.43. The van der Waals surface area contributed by atoms with Gasteiger partial charge in [0.15, 0.2) is 0 Å². The summed E-state index contributed by atoms with van der Waals surface area (Å²) in [6.45, 7) is 3.98. The Hall–Kier alpha value is -2.02. The third-order valence-corrected chi connectivity index (χ3v) is 2.83. The van der Waals surface area contributed by atoms with Crippen LogP contribution in [0.1, 0.15) is 25.8 Å². The van der Waals surface area contributed by atoms with Gasteiger partial charge in [0.2, 0.25) is 5.91 Å². The lowest BCUT2D eigenvalue weighted by molar-refractivity contribution is -0.121. The second kappa shape index (κ2) is 6.79. The molecule has 0 aliphatic rings. The first-order chi connectivity index (χ1) is 8.96. The van der Waals surface area contributed by atoms with Crippen molar-refractivity contribution in [1.29, 1.82) is 5.26 Å². The van der Waals surface area contributed by atoms with Crippen LogP contribution < -0.4 is 10.1 Å². The molecule has 1 aromatic rings. The van der Waals surface area contributed by atoms with Gasteiger partial charge < -0.3 is 10.1 Å². The van der Waals surface area contributed by atoms with E-state index >= 15 is 0 Å². The Morgan fingerprint density at radius 1 is 1.37 bits per heavy atom. The van der Waals surface area contributed by atoms with Crippen LogP contribution in [-0.2, 0) is 11.2 Å². The van der Waals surface area contributed by atoms with Crippen LogP contribution in [0.2, 0.25) is 0 Å². The largest absolute Gasteiger partial charge is 0.497 e. The summed E-state index contributed by atoms with van der Waals surface area (Å²) in [4.78, 5) is 11.7. The Labute approximate surface area is 114 Å². The predicted octanol–water partition coefficient (Wildman–Crippen LogP) is 2.29. The van der Waals surface area contributed by atoms with Crippen molar-refractivity contribution in [1.82, 2.24) is 5.32 Å². The van der Waals surface area contributed by atoms with Crippen molar-refractivity contribution in [2.75, 3.05) is 13.7 Å². The molecule has 0 aliphatic heterocycles. The molecule has 1 rings (SSSR count). The van der Waals surface area contributed by atoms with Gasteiger partial charge in [-0.3, -0.25) is 4.79 Å². The molecule has 0 unspecified atom stereocenters. The van der Waals surface area contributed by atoms with Crippen LogP contribution in [-0.4, -0.2) is 19.6 Å². The van der Waals surface area contributed by atoms with Gasteiger partial charge in [-0.2, -0.15) is 5.26 Å². The van der Waals surface area contributed by atoms with Gasteiger partial charge in [-0.15, -0.1) is 0 Å². The Balaban J connectivity index is 2.36. The number of carbonyl (C=O) groups is 1. The van der Waals surface area contributed by atoms with E-state index in [0.29, 0.717) is 19.4 Å². The van der Waals surface area contributed by atoms with Crippen LogP contribution in [0.4, 0.5) is 0 Å². The summed E-state index contributed by atoms with van der Waals surface area (Å²) in [5.41, 5.74) is 0.575. The molecule has 0 heterocycles. The second-order valence-corrected chi connectivity index (χ2v) is 5.12. The lowest BCUT2D eigenvalue weighted by Gasteiger charge is -2.15. The first-order valence-corrected chi connectivity index (χ1v) is 6.28. The topological polar surface area (TPSA) is 62.1 Å². The third kappa shape index (κ3) is 5.43. The van der Waals surface area contributed by atoms with E-state index in [0.717, 1.165) is 11.3 Å². The minimum Gasteiger partial charge on any atom is -0.497 e. The molecule has 19 heavy (non-hydrogen) atoms. The monoisotopic (exact) mass is 260 g/mol. The Morgan fingerprint density at radius 2 is 2.00 bits per heavy atom. The van der Waals surface area contributed by atoms with Crippen LogP contribution in [0.15, 0.2) is 24.3 Å². The second-order valence-electron chi connectivity index (χ2n) is 5.12. The van der Waals surface area contributed by atoms with Crippen LogP contribution in [0.3, 0.4) is 0 Å². The molecule has 0 radical (unpaired) electrons. The number of ether oxygens (including phenoxy) is 1. The first-order valence-electron chi connectivity index (χ1n) is 6.28. The SMILES string of the molecule is COc1ccc(CCC(=O)NCC(C)(C)C#N)cc1. The maximum absolute atomic E-state index is 11.7. The normalized spacial score (nSPS) is 10.6. The van der Waals surface area contributed by atoms with Crippen molar-refractivity contribution in [3.63, 3.8) is 0 Å². The average molecular weight is 260 g/mol. The fraction of sp³-hybridized carbons (Fsp3) is 0.467. The molecule has 0 aromatic heterocycles. The highest BCUT2D eigenvalue weighted by molar-refractivity contribution is 5.76. The molecule has 0 spiro atoms. The van der Waals surface area contributed by atoms with Gasteiger partial charge in [0.25, 0.3) is 0 Å². The summed E-state index contributed by atoms with van der Waals surface area (Å²) < 4.78 is 5.07. The Bertz CT molecular complexity index is 458. The van der Waals surface area contributed by atoms with E-state index in [-0.39, 0.29) is 5.91 Å². The van der Waals surface area contributed by atoms with E-state index in [2.05, 4.69) is 11.4 Å². The summed E-state index contributed by atoms with van der Waals surface area (Å²) in [6, 6.07) is 9.82. The maximum atomic E-state index is 11.7. The molecule has 4 heteroatoms. The molecule has 0 saturated carbocycles. The molecular formula is C15H20N2O2.